The highest BCUT2D eigenvalue weighted by atomic mass is 16.3. The summed E-state index contributed by atoms with van der Waals surface area (Å²) in [5, 5.41) is 9.79. The van der Waals surface area contributed by atoms with E-state index in [4.69, 9.17) is 0 Å². The Morgan fingerprint density at radius 1 is 1.07 bits per heavy atom. The molecule has 14 heavy (non-hydrogen) atoms. The quantitative estimate of drug-likeness (QED) is 0.760. The average Bonchev–Trinajstić information content (AvgIpc) is 2.20. The van der Waals surface area contributed by atoms with E-state index in [9.17, 15) is 5.11 Å². The molecule has 0 aliphatic heterocycles. The summed E-state index contributed by atoms with van der Waals surface area (Å²) in [7, 11) is 0. The van der Waals surface area contributed by atoms with Gasteiger partial charge in [-0.1, -0.05) is 57.5 Å². The minimum absolute atomic E-state index is 0.665. The maximum Gasteiger partial charge on any atom is 0.0865 e. The summed E-state index contributed by atoms with van der Waals surface area (Å²) < 4.78 is 0. The van der Waals surface area contributed by atoms with Crippen molar-refractivity contribution in [3.63, 3.8) is 0 Å². The molecule has 0 aromatic heterocycles. The highest BCUT2D eigenvalue weighted by Crippen LogP contribution is 2.22. The molecule has 0 radical (unpaired) electrons. The predicted molar refractivity (Wildman–Crippen MR) is 62.3 cm³/mol. The largest absolute Gasteiger partial charge is 0.385 e. The highest BCUT2D eigenvalue weighted by molar-refractivity contribution is 5.20. The van der Waals surface area contributed by atoms with Gasteiger partial charge in [0.15, 0.2) is 0 Å². The number of rotatable bonds is 2. The van der Waals surface area contributed by atoms with Gasteiger partial charge in [0, 0.05) is 0 Å². The summed E-state index contributed by atoms with van der Waals surface area (Å²) in [6, 6.07) is 9.74. The fourth-order valence-electron chi connectivity index (χ4n) is 1.00. The van der Waals surface area contributed by atoms with E-state index in [1.54, 1.807) is 0 Å². The van der Waals surface area contributed by atoms with Gasteiger partial charge in [0.2, 0.25) is 0 Å². The Kier molecular flexibility index (Phi) is 6.22. The van der Waals surface area contributed by atoms with E-state index in [0.29, 0.717) is 0 Å². The highest BCUT2D eigenvalue weighted by Gasteiger charge is 2.18. The molecule has 0 aliphatic rings. The van der Waals surface area contributed by atoms with Crippen LogP contribution in [0.4, 0.5) is 0 Å². The van der Waals surface area contributed by atoms with Crippen LogP contribution in [-0.2, 0) is 5.60 Å². The van der Waals surface area contributed by atoms with Gasteiger partial charge >= 0.3 is 0 Å². The first-order valence-corrected chi connectivity index (χ1v) is 5.36. The van der Waals surface area contributed by atoms with Gasteiger partial charge in [-0.25, -0.2) is 0 Å². The first kappa shape index (κ1) is 13.2. The molecule has 1 unspecified atom stereocenters. The van der Waals surface area contributed by atoms with Crippen LogP contribution >= 0.6 is 0 Å². The zero-order chi connectivity index (χ0) is 11.0. The smallest absolute Gasteiger partial charge is 0.0865 e. The van der Waals surface area contributed by atoms with Gasteiger partial charge < -0.3 is 5.11 Å². The van der Waals surface area contributed by atoms with Crippen molar-refractivity contribution in [2.24, 2.45) is 0 Å². The molecular weight excluding hydrogens is 172 g/mol. The average molecular weight is 194 g/mol. The topological polar surface area (TPSA) is 20.2 Å². The molecule has 0 heterocycles. The minimum Gasteiger partial charge on any atom is -0.385 e. The zero-order valence-corrected chi connectivity index (χ0v) is 9.75. The Labute approximate surface area is 87.8 Å². The van der Waals surface area contributed by atoms with Gasteiger partial charge in [-0.3, -0.25) is 0 Å². The predicted octanol–water partition coefficient (Wildman–Crippen LogP) is 3.72. The lowest BCUT2D eigenvalue weighted by atomic mass is 9.94. The Morgan fingerprint density at radius 3 is 1.86 bits per heavy atom. The van der Waals surface area contributed by atoms with E-state index in [1.165, 1.54) is 6.42 Å². The van der Waals surface area contributed by atoms with Crippen LogP contribution in [0.5, 0.6) is 0 Å². The van der Waals surface area contributed by atoms with Gasteiger partial charge in [0.05, 0.1) is 5.60 Å². The van der Waals surface area contributed by atoms with Crippen LogP contribution in [0.15, 0.2) is 30.3 Å². The second kappa shape index (κ2) is 6.61. The SMILES string of the molecule is CCC.CCC(C)(O)c1ccccc1. The lowest BCUT2D eigenvalue weighted by Crippen LogP contribution is -2.19. The Hall–Kier alpha value is -0.820. The molecule has 1 rings (SSSR count). The van der Waals surface area contributed by atoms with E-state index in [-0.39, 0.29) is 0 Å². The standard InChI is InChI=1S/C10H14O.C3H8/c1-3-10(2,11)9-7-5-4-6-8-9;1-3-2/h4-8,11H,3H2,1-2H3;3H2,1-2H3. The maximum absolute atomic E-state index is 9.79. The van der Waals surface area contributed by atoms with Gasteiger partial charge in [-0.05, 0) is 18.9 Å². The molecule has 1 atom stereocenters. The third kappa shape index (κ3) is 4.43. The fraction of sp³-hybridized carbons (Fsp3) is 0.538. The molecule has 1 aromatic rings. The van der Waals surface area contributed by atoms with Crippen molar-refractivity contribution in [1.82, 2.24) is 0 Å². The van der Waals surface area contributed by atoms with Gasteiger partial charge in [0.25, 0.3) is 0 Å². The molecule has 1 N–H and O–H groups in total. The Morgan fingerprint density at radius 2 is 1.50 bits per heavy atom. The van der Waals surface area contributed by atoms with E-state index in [2.05, 4.69) is 13.8 Å². The first-order chi connectivity index (χ1) is 6.58. The summed E-state index contributed by atoms with van der Waals surface area (Å²) in [6.45, 7) is 8.06. The van der Waals surface area contributed by atoms with E-state index in [0.717, 1.165) is 12.0 Å². The second-order valence-corrected chi connectivity index (χ2v) is 3.70. The van der Waals surface area contributed by atoms with Crippen LogP contribution in [-0.4, -0.2) is 5.11 Å². The van der Waals surface area contributed by atoms with Crippen molar-refractivity contribution in [3.8, 4) is 0 Å². The lowest BCUT2D eigenvalue weighted by molar-refractivity contribution is 0.0531. The Bertz CT molecular complexity index is 226. The third-order valence-electron chi connectivity index (χ3n) is 2.08. The van der Waals surface area contributed by atoms with Gasteiger partial charge in [-0.15, -0.1) is 0 Å². The Balaban J connectivity index is 0.000000500. The summed E-state index contributed by atoms with van der Waals surface area (Å²) in [6.07, 6.45) is 2.00. The van der Waals surface area contributed by atoms with Crippen molar-refractivity contribution in [1.29, 1.82) is 0 Å². The molecule has 0 amide bonds. The lowest BCUT2D eigenvalue weighted by Gasteiger charge is -2.21. The molecule has 0 aliphatic carbocycles. The second-order valence-electron chi connectivity index (χ2n) is 3.70. The number of hydrogen-bond acceptors (Lipinski definition) is 1. The molecule has 1 aromatic carbocycles. The molecule has 0 fully saturated rings. The monoisotopic (exact) mass is 194 g/mol. The summed E-state index contributed by atoms with van der Waals surface area (Å²) >= 11 is 0. The number of benzene rings is 1. The molecule has 0 bridgehead atoms. The number of aliphatic hydroxyl groups is 1. The van der Waals surface area contributed by atoms with Crippen molar-refractivity contribution < 1.29 is 5.11 Å². The summed E-state index contributed by atoms with van der Waals surface area (Å²) in [5.41, 5.74) is 0.323. The van der Waals surface area contributed by atoms with E-state index >= 15 is 0 Å². The van der Waals surface area contributed by atoms with E-state index in [1.807, 2.05) is 44.2 Å². The van der Waals surface area contributed by atoms with Crippen LogP contribution in [0.1, 0.15) is 46.1 Å². The molecule has 0 saturated heterocycles. The molecule has 0 saturated carbocycles. The molecule has 80 valence electrons. The fourth-order valence-corrected chi connectivity index (χ4v) is 1.00. The van der Waals surface area contributed by atoms with Crippen molar-refractivity contribution in [2.45, 2.75) is 46.1 Å². The van der Waals surface area contributed by atoms with Crippen LogP contribution in [0.3, 0.4) is 0 Å². The zero-order valence-electron chi connectivity index (χ0n) is 9.75. The minimum atomic E-state index is -0.665. The van der Waals surface area contributed by atoms with Gasteiger partial charge in [-0.2, -0.15) is 0 Å². The molecule has 1 nitrogen and oxygen atoms in total. The normalized spacial score (nSPS) is 13.8. The van der Waals surface area contributed by atoms with Crippen LogP contribution in [0.25, 0.3) is 0 Å². The molecule has 1 heteroatoms. The van der Waals surface area contributed by atoms with Crippen LogP contribution in [0, 0.1) is 0 Å². The summed E-state index contributed by atoms with van der Waals surface area (Å²) in [5.74, 6) is 0. The van der Waals surface area contributed by atoms with Crippen LogP contribution in [0.2, 0.25) is 0 Å². The van der Waals surface area contributed by atoms with Crippen molar-refractivity contribution >= 4 is 0 Å². The molecule has 0 spiro atoms. The maximum atomic E-state index is 9.79. The number of hydrogen-bond donors (Lipinski definition) is 1. The van der Waals surface area contributed by atoms with Crippen molar-refractivity contribution in [3.05, 3.63) is 35.9 Å². The third-order valence-corrected chi connectivity index (χ3v) is 2.08. The first-order valence-electron chi connectivity index (χ1n) is 5.36. The van der Waals surface area contributed by atoms with Crippen LogP contribution < -0.4 is 0 Å². The van der Waals surface area contributed by atoms with E-state index < -0.39 is 5.60 Å². The van der Waals surface area contributed by atoms with Gasteiger partial charge in [0.1, 0.15) is 0 Å². The summed E-state index contributed by atoms with van der Waals surface area (Å²) in [4.78, 5) is 0. The van der Waals surface area contributed by atoms with Crippen molar-refractivity contribution in [2.75, 3.05) is 0 Å². The molecular formula is C13H22O.